The molecule has 0 aliphatic rings. The third-order valence-corrected chi connectivity index (χ3v) is 4.60. The maximum absolute atomic E-state index is 11.7. The summed E-state index contributed by atoms with van der Waals surface area (Å²) in [6.07, 6.45) is 1.14. The molecule has 0 fully saturated rings. The van der Waals surface area contributed by atoms with Gasteiger partial charge in [-0.3, -0.25) is 4.79 Å². The van der Waals surface area contributed by atoms with E-state index in [0.29, 0.717) is 12.8 Å². The van der Waals surface area contributed by atoms with Crippen LogP contribution in [0.1, 0.15) is 40.0 Å². The Morgan fingerprint density at radius 2 is 1.67 bits per heavy atom. The lowest BCUT2D eigenvalue weighted by atomic mass is 9.88. The second-order valence-corrected chi connectivity index (χ2v) is 6.25. The van der Waals surface area contributed by atoms with Crippen molar-refractivity contribution in [2.45, 2.75) is 45.6 Å². The highest BCUT2D eigenvalue weighted by Gasteiger charge is 2.29. The Bertz CT molecular complexity index is 305. The summed E-state index contributed by atoms with van der Waals surface area (Å²) < 4.78 is 22.4. The maximum Gasteiger partial charge on any atom is 0.153 e. The van der Waals surface area contributed by atoms with E-state index in [1.165, 1.54) is 0 Å². The number of carbonyl (C=O) groups excluding carboxylic acids is 1. The van der Waals surface area contributed by atoms with Crippen LogP contribution in [0, 0.1) is 0 Å². The normalized spacial score (nSPS) is 12.8. The minimum Gasteiger partial charge on any atom is -0.319 e. The standard InChI is InChI=1S/C10H21NO3S/c1-4-10(11,5-2)9(12)7-8-15(13,14)6-3/h4-8,11H2,1-3H3. The van der Waals surface area contributed by atoms with Crippen molar-refractivity contribution in [2.75, 3.05) is 11.5 Å². The van der Waals surface area contributed by atoms with Gasteiger partial charge >= 0.3 is 0 Å². The molecule has 0 atom stereocenters. The van der Waals surface area contributed by atoms with Gasteiger partial charge in [0.05, 0.1) is 11.3 Å². The fourth-order valence-electron chi connectivity index (χ4n) is 1.29. The average molecular weight is 235 g/mol. The number of rotatable bonds is 7. The molecule has 0 saturated heterocycles. The lowest BCUT2D eigenvalue weighted by Gasteiger charge is -2.24. The average Bonchev–Trinajstić information content (AvgIpc) is 2.24. The number of hydrogen-bond donors (Lipinski definition) is 1. The van der Waals surface area contributed by atoms with E-state index >= 15 is 0 Å². The molecule has 0 saturated carbocycles. The molecular formula is C10H21NO3S. The first-order valence-corrected chi connectivity index (χ1v) is 7.16. The number of sulfone groups is 1. The van der Waals surface area contributed by atoms with Crippen molar-refractivity contribution in [2.24, 2.45) is 5.73 Å². The van der Waals surface area contributed by atoms with Gasteiger partial charge in [-0.15, -0.1) is 0 Å². The molecule has 0 bridgehead atoms. The molecule has 5 heteroatoms. The van der Waals surface area contributed by atoms with Gasteiger partial charge in [0, 0.05) is 12.2 Å². The van der Waals surface area contributed by atoms with Gasteiger partial charge in [-0.2, -0.15) is 0 Å². The van der Waals surface area contributed by atoms with Gasteiger partial charge in [-0.25, -0.2) is 8.42 Å². The number of Topliss-reactive ketones (excluding diaryl/α,β-unsaturated/α-hetero) is 1. The van der Waals surface area contributed by atoms with Crippen LogP contribution in [0.3, 0.4) is 0 Å². The van der Waals surface area contributed by atoms with Crippen LogP contribution in [-0.4, -0.2) is 31.2 Å². The molecule has 4 nitrogen and oxygen atoms in total. The number of hydrogen-bond acceptors (Lipinski definition) is 4. The Morgan fingerprint density at radius 1 is 1.20 bits per heavy atom. The second-order valence-electron chi connectivity index (χ2n) is 3.77. The van der Waals surface area contributed by atoms with Crippen LogP contribution >= 0.6 is 0 Å². The summed E-state index contributed by atoms with van der Waals surface area (Å²) in [5.74, 6) is -0.151. The molecule has 2 N–H and O–H groups in total. The molecule has 0 heterocycles. The Labute approximate surface area is 92.2 Å². The summed E-state index contributed by atoms with van der Waals surface area (Å²) in [7, 11) is -3.07. The predicted molar refractivity (Wildman–Crippen MR) is 61.5 cm³/mol. The maximum atomic E-state index is 11.7. The Morgan fingerprint density at radius 3 is 2.00 bits per heavy atom. The predicted octanol–water partition coefficient (Wildman–Crippen LogP) is 0.898. The quantitative estimate of drug-likeness (QED) is 0.711. The highest BCUT2D eigenvalue weighted by atomic mass is 32.2. The molecule has 0 unspecified atom stereocenters. The minimum absolute atomic E-state index is 0.0361. The zero-order valence-electron chi connectivity index (χ0n) is 9.75. The zero-order chi connectivity index (χ0) is 12.1. The van der Waals surface area contributed by atoms with Crippen molar-refractivity contribution in [3.05, 3.63) is 0 Å². The summed E-state index contributed by atoms with van der Waals surface area (Å²) >= 11 is 0. The third kappa shape index (κ3) is 4.30. The summed E-state index contributed by atoms with van der Waals surface area (Å²) in [5, 5.41) is 0. The van der Waals surface area contributed by atoms with Crippen molar-refractivity contribution in [3.63, 3.8) is 0 Å². The Kier molecular flexibility index (Phi) is 5.45. The zero-order valence-corrected chi connectivity index (χ0v) is 10.6. The largest absolute Gasteiger partial charge is 0.319 e. The van der Waals surface area contributed by atoms with Gasteiger partial charge in [0.1, 0.15) is 9.84 Å². The van der Waals surface area contributed by atoms with E-state index in [2.05, 4.69) is 0 Å². The van der Waals surface area contributed by atoms with Crippen molar-refractivity contribution < 1.29 is 13.2 Å². The molecule has 15 heavy (non-hydrogen) atoms. The molecule has 0 amide bonds. The van der Waals surface area contributed by atoms with E-state index in [-0.39, 0.29) is 23.7 Å². The van der Waals surface area contributed by atoms with Gasteiger partial charge in [0.15, 0.2) is 5.78 Å². The monoisotopic (exact) mass is 235 g/mol. The SMILES string of the molecule is CCC(N)(CC)C(=O)CCS(=O)(=O)CC. The minimum atomic E-state index is -3.07. The van der Waals surface area contributed by atoms with Crippen LogP contribution < -0.4 is 5.73 Å². The molecule has 90 valence electrons. The second kappa shape index (κ2) is 5.61. The topological polar surface area (TPSA) is 77.2 Å². The Hall–Kier alpha value is -0.420. The molecule has 0 spiro atoms. The lowest BCUT2D eigenvalue weighted by Crippen LogP contribution is -2.47. The summed E-state index contributed by atoms with van der Waals surface area (Å²) in [6.45, 7) is 5.26. The van der Waals surface area contributed by atoms with Gasteiger partial charge in [-0.05, 0) is 12.8 Å². The van der Waals surface area contributed by atoms with Gasteiger partial charge in [-0.1, -0.05) is 20.8 Å². The molecule has 0 aromatic rings. The fraction of sp³-hybridized carbons (Fsp3) is 0.900. The van der Waals surface area contributed by atoms with Crippen molar-refractivity contribution in [1.29, 1.82) is 0 Å². The van der Waals surface area contributed by atoms with Crippen LogP contribution in [0.25, 0.3) is 0 Å². The first kappa shape index (κ1) is 14.6. The van der Waals surface area contributed by atoms with E-state index < -0.39 is 15.4 Å². The molecule has 0 aromatic heterocycles. The van der Waals surface area contributed by atoms with E-state index in [1.807, 2.05) is 13.8 Å². The molecule has 0 aromatic carbocycles. The van der Waals surface area contributed by atoms with E-state index in [9.17, 15) is 13.2 Å². The molecule has 0 aliphatic heterocycles. The lowest BCUT2D eigenvalue weighted by molar-refractivity contribution is -0.124. The molecule has 0 rings (SSSR count). The van der Waals surface area contributed by atoms with Gasteiger partial charge < -0.3 is 5.73 Å². The highest BCUT2D eigenvalue weighted by Crippen LogP contribution is 2.15. The fourth-order valence-corrected chi connectivity index (χ4v) is 2.07. The summed E-state index contributed by atoms with van der Waals surface area (Å²) in [6, 6.07) is 0. The first-order chi connectivity index (χ1) is 6.81. The highest BCUT2D eigenvalue weighted by molar-refractivity contribution is 7.91. The van der Waals surface area contributed by atoms with Crippen molar-refractivity contribution in [3.8, 4) is 0 Å². The van der Waals surface area contributed by atoms with Gasteiger partial charge in [0.2, 0.25) is 0 Å². The van der Waals surface area contributed by atoms with Crippen LogP contribution in [0.15, 0.2) is 0 Å². The van der Waals surface area contributed by atoms with E-state index in [1.54, 1.807) is 6.92 Å². The molecular weight excluding hydrogens is 214 g/mol. The van der Waals surface area contributed by atoms with Gasteiger partial charge in [0.25, 0.3) is 0 Å². The molecule has 0 radical (unpaired) electrons. The summed E-state index contributed by atoms with van der Waals surface area (Å²) in [5.41, 5.74) is 5.02. The number of carbonyl (C=O) groups is 1. The Balaban J connectivity index is 4.39. The first-order valence-electron chi connectivity index (χ1n) is 5.34. The number of nitrogens with two attached hydrogens (primary N) is 1. The smallest absolute Gasteiger partial charge is 0.153 e. The van der Waals surface area contributed by atoms with Crippen LogP contribution in [0.4, 0.5) is 0 Å². The van der Waals surface area contributed by atoms with Crippen molar-refractivity contribution in [1.82, 2.24) is 0 Å². The summed E-state index contributed by atoms with van der Waals surface area (Å²) in [4.78, 5) is 11.7. The van der Waals surface area contributed by atoms with Crippen LogP contribution in [0.5, 0.6) is 0 Å². The number of ketones is 1. The van der Waals surface area contributed by atoms with Crippen LogP contribution in [-0.2, 0) is 14.6 Å². The van der Waals surface area contributed by atoms with Crippen molar-refractivity contribution >= 4 is 15.6 Å². The van der Waals surface area contributed by atoms with E-state index in [4.69, 9.17) is 5.73 Å². The molecule has 0 aliphatic carbocycles. The van der Waals surface area contributed by atoms with Crippen LogP contribution in [0.2, 0.25) is 0 Å². The van der Waals surface area contributed by atoms with E-state index in [0.717, 1.165) is 0 Å². The third-order valence-electron chi connectivity index (χ3n) is 2.90.